The van der Waals surface area contributed by atoms with E-state index in [-0.39, 0.29) is 5.82 Å². The van der Waals surface area contributed by atoms with Crippen molar-refractivity contribution in [3.8, 4) is 6.07 Å². The molecule has 96 valence electrons. The first-order valence-corrected chi connectivity index (χ1v) is 6.14. The topological polar surface area (TPSA) is 27.0 Å². The summed E-state index contributed by atoms with van der Waals surface area (Å²) in [6.07, 6.45) is 0. The number of hydrogen-bond acceptors (Lipinski definition) is 2. The van der Waals surface area contributed by atoms with Crippen molar-refractivity contribution < 1.29 is 4.39 Å². The standard InChI is InChI=1S/C15H12ClFN2/c1-19(10-11-4-2-5-12(17)8-11)15-7-3-6-14(16)13(15)9-18/h2-8H,10H2,1H3. The maximum atomic E-state index is 13.1. The molecule has 2 nitrogen and oxygen atoms in total. The molecule has 0 radical (unpaired) electrons. The number of anilines is 1. The molecule has 0 saturated heterocycles. The summed E-state index contributed by atoms with van der Waals surface area (Å²) in [6.45, 7) is 0.507. The Bertz CT molecular complexity index is 634. The zero-order chi connectivity index (χ0) is 13.8. The molecule has 0 spiro atoms. The van der Waals surface area contributed by atoms with Crippen LogP contribution in [0.4, 0.5) is 10.1 Å². The van der Waals surface area contributed by atoms with Crippen LogP contribution in [0.2, 0.25) is 5.02 Å². The molecular formula is C15H12ClFN2. The molecule has 0 saturated carbocycles. The van der Waals surface area contributed by atoms with Crippen LogP contribution in [0.15, 0.2) is 42.5 Å². The third-order valence-electron chi connectivity index (χ3n) is 2.82. The Balaban J connectivity index is 2.28. The van der Waals surface area contributed by atoms with Crippen molar-refractivity contribution in [3.63, 3.8) is 0 Å². The molecule has 0 aliphatic heterocycles. The monoisotopic (exact) mass is 274 g/mol. The molecule has 0 unspecified atom stereocenters. The van der Waals surface area contributed by atoms with Gasteiger partial charge in [-0.2, -0.15) is 5.26 Å². The van der Waals surface area contributed by atoms with E-state index in [2.05, 4.69) is 6.07 Å². The van der Waals surface area contributed by atoms with Crippen molar-refractivity contribution >= 4 is 17.3 Å². The van der Waals surface area contributed by atoms with E-state index in [9.17, 15) is 4.39 Å². The lowest BCUT2D eigenvalue weighted by atomic mass is 10.1. The van der Waals surface area contributed by atoms with Crippen LogP contribution in [0.3, 0.4) is 0 Å². The van der Waals surface area contributed by atoms with E-state index in [1.54, 1.807) is 18.2 Å². The normalized spacial score (nSPS) is 10.0. The first-order chi connectivity index (χ1) is 9.11. The Morgan fingerprint density at radius 1 is 1.26 bits per heavy atom. The molecule has 2 aromatic carbocycles. The van der Waals surface area contributed by atoms with E-state index < -0.39 is 0 Å². The van der Waals surface area contributed by atoms with Gasteiger partial charge in [-0.1, -0.05) is 29.8 Å². The molecule has 0 heterocycles. The van der Waals surface area contributed by atoms with Gasteiger partial charge in [0.15, 0.2) is 0 Å². The van der Waals surface area contributed by atoms with Crippen LogP contribution in [-0.2, 0) is 6.54 Å². The van der Waals surface area contributed by atoms with Gasteiger partial charge in [0.25, 0.3) is 0 Å². The SMILES string of the molecule is CN(Cc1cccc(F)c1)c1cccc(Cl)c1C#N. The zero-order valence-electron chi connectivity index (χ0n) is 10.4. The average molecular weight is 275 g/mol. The van der Waals surface area contributed by atoms with Crippen LogP contribution in [0.5, 0.6) is 0 Å². The van der Waals surface area contributed by atoms with Gasteiger partial charge in [0.1, 0.15) is 11.9 Å². The van der Waals surface area contributed by atoms with E-state index in [0.717, 1.165) is 11.3 Å². The molecule has 0 aliphatic carbocycles. The van der Waals surface area contributed by atoms with Crippen LogP contribution in [0, 0.1) is 17.1 Å². The summed E-state index contributed by atoms with van der Waals surface area (Å²) >= 11 is 5.99. The van der Waals surface area contributed by atoms with Gasteiger partial charge in [-0.15, -0.1) is 0 Å². The Hall–Kier alpha value is -2.05. The number of halogens is 2. The lowest BCUT2D eigenvalue weighted by Gasteiger charge is -2.21. The van der Waals surface area contributed by atoms with Crippen LogP contribution in [0.1, 0.15) is 11.1 Å². The second kappa shape index (κ2) is 5.73. The average Bonchev–Trinajstić information content (AvgIpc) is 2.38. The molecular weight excluding hydrogens is 263 g/mol. The number of nitriles is 1. The summed E-state index contributed by atoms with van der Waals surface area (Å²) in [5.74, 6) is -0.266. The Kier molecular flexibility index (Phi) is 4.03. The molecule has 19 heavy (non-hydrogen) atoms. The fourth-order valence-corrected chi connectivity index (χ4v) is 2.15. The van der Waals surface area contributed by atoms with Gasteiger partial charge >= 0.3 is 0 Å². The summed E-state index contributed by atoms with van der Waals surface area (Å²) in [5.41, 5.74) is 2.01. The molecule has 0 N–H and O–H groups in total. The molecule has 2 rings (SSSR count). The molecule has 0 aromatic heterocycles. The van der Waals surface area contributed by atoms with E-state index in [4.69, 9.17) is 16.9 Å². The minimum Gasteiger partial charge on any atom is -0.369 e. The van der Waals surface area contributed by atoms with Gasteiger partial charge in [-0.25, -0.2) is 4.39 Å². The summed E-state index contributed by atoms with van der Waals surface area (Å²) in [4.78, 5) is 1.87. The summed E-state index contributed by atoms with van der Waals surface area (Å²) in [5, 5.41) is 9.56. The minimum atomic E-state index is -0.266. The van der Waals surface area contributed by atoms with E-state index in [0.29, 0.717) is 17.1 Å². The quantitative estimate of drug-likeness (QED) is 0.846. The number of hydrogen-bond donors (Lipinski definition) is 0. The highest BCUT2D eigenvalue weighted by molar-refractivity contribution is 6.32. The maximum absolute atomic E-state index is 13.1. The van der Waals surface area contributed by atoms with Crippen molar-refractivity contribution in [2.45, 2.75) is 6.54 Å². The van der Waals surface area contributed by atoms with Crippen molar-refractivity contribution in [2.24, 2.45) is 0 Å². The summed E-state index contributed by atoms with van der Waals surface area (Å²) in [6, 6.07) is 13.8. The smallest absolute Gasteiger partial charge is 0.123 e. The molecule has 0 fully saturated rings. The summed E-state index contributed by atoms with van der Waals surface area (Å²) in [7, 11) is 1.84. The van der Waals surface area contributed by atoms with Crippen molar-refractivity contribution in [1.82, 2.24) is 0 Å². The van der Waals surface area contributed by atoms with Gasteiger partial charge in [0.2, 0.25) is 0 Å². The molecule has 4 heteroatoms. The third kappa shape index (κ3) is 3.04. The van der Waals surface area contributed by atoms with Crippen LogP contribution < -0.4 is 4.90 Å². The number of benzene rings is 2. The first-order valence-electron chi connectivity index (χ1n) is 5.76. The fraction of sp³-hybridized carbons (Fsp3) is 0.133. The van der Waals surface area contributed by atoms with E-state index >= 15 is 0 Å². The fourth-order valence-electron chi connectivity index (χ4n) is 1.94. The Morgan fingerprint density at radius 2 is 2.00 bits per heavy atom. The highest BCUT2D eigenvalue weighted by Gasteiger charge is 2.11. The van der Waals surface area contributed by atoms with Gasteiger partial charge in [-0.05, 0) is 29.8 Å². The van der Waals surface area contributed by atoms with Gasteiger partial charge in [-0.3, -0.25) is 0 Å². The number of nitrogens with zero attached hydrogens (tertiary/aromatic N) is 2. The Labute approximate surface area is 116 Å². The van der Waals surface area contributed by atoms with Crippen LogP contribution >= 0.6 is 11.6 Å². The third-order valence-corrected chi connectivity index (χ3v) is 3.14. The lowest BCUT2D eigenvalue weighted by Crippen LogP contribution is -2.17. The minimum absolute atomic E-state index is 0.266. The van der Waals surface area contributed by atoms with Crippen LogP contribution in [0.25, 0.3) is 0 Å². The van der Waals surface area contributed by atoms with E-state index in [1.807, 2.05) is 24.1 Å². The highest BCUT2D eigenvalue weighted by Crippen LogP contribution is 2.26. The van der Waals surface area contributed by atoms with Gasteiger partial charge < -0.3 is 4.90 Å². The van der Waals surface area contributed by atoms with Crippen LogP contribution in [-0.4, -0.2) is 7.05 Å². The summed E-state index contributed by atoms with van der Waals surface area (Å²) < 4.78 is 13.1. The first kappa shape index (κ1) is 13.4. The van der Waals surface area contributed by atoms with E-state index in [1.165, 1.54) is 12.1 Å². The largest absolute Gasteiger partial charge is 0.369 e. The van der Waals surface area contributed by atoms with Gasteiger partial charge in [0, 0.05) is 13.6 Å². The molecule has 2 aromatic rings. The lowest BCUT2D eigenvalue weighted by molar-refractivity contribution is 0.625. The van der Waals surface area contributed by atoms with Crippen molar-refractivity contribution in [1.29, 1.82) is 5.26 Å². The van der Waals surface area contributed by atoms with Crippen molar-refractivity contribution in [2.75, 3.05) is 11.9 Å². The van der Waals surface area contributed by atoms with Gasteiger partial charge in [0.05, 0.1) is 16.3 Å². The number of rotatable bonds is 3. The maximum Gasteiger partial charge on any atom is 0.123 e. The Morgan fingerprint density at radius 3 is 2.68 bits per heavy atom. The molecule has 0 atom stereocenters. The molecule has 0 bridgehead atoms. The highest BCUT2D eigenvalue weighted by atomic mass is 35.5. The second-order valence-corrected chi connectivity index (χ2v) is 4.64. The predicted molar refractivity (Wildman–Crippen MR) is 74.7 cm³/mol. The second-order valence-electron chi connectivity index (χ2n) is 4.23. The zero-order valence-corrected chi connectivity index (χ0v) is 11.2. The molecule has 0 amide bonds. The van der Waals surface area contributed by atoms with Crippen molar-refractivity contribution in [3.05, 3.63) is 64.4 Å². The molecule has 0 aliphatic rings. The predicted octanol–water partition coefficient (Wildman–Crippen LogP) is 3.99.